The maximum Gasteiger partial charge on any atom is 0.272 e. The van der Waals surface area contributed by atoms with Gasteiger partial charge >= 0.3 is 0 Å². The lowest BCUT2D eigenvalue weighted by Gasteiger charge is -2.11. The first-order valence-corrected chi connectivity index (χ1v) is 9.50. The van der Waals surface area contributed by atoms with Crippen LogP contribution in [0.3, 0.4) is 0 Å². The SMILES string of the molecule is C=CCn1c(SCC(=O)c2cc(F)ccc2OC)nc2ccsc2c1=O. The van der Waals surface area contributed by atoms with E-state index in [-0.39, 0.29) is 22.7 Å². The van der Waals surface area contributed by atoms with Crippen LogP contribution in [0.2, 0.25) is 0 Å². The number of carbonyl (C=O) groups is 1. The summed E-state index contributed by atoms with van der Waals surface area (Å²) in [5, 5.41) is 2.22. The molecule has 0 spiro atoms. The summed E-state index contributed by atoms with van der Waals surface area (Å²) in [5.41, 5.74) is 0.594. The smallest absolute Gasteiger partial charge is 0.272 e. The van der Waals surface area contributed by atoms with Gasteiger partial charge < -0.3 is 4.74 Å². The molecule has 8 heteroatoms. The van der Waals surface area contributed by atoms with Crippen molar-refractivity contribution in [2.24, 2.45) is 0 Å². The lowest BCUT2D eigenvalue weighted by atomic mass is 10.1. The van der Waals surface area contributed by atoms with Crippen LogP contribution in [0.1, 0.15) is 10.4 Å². The van der Waals surface area contributed by atoms with Crippen molar-refractivity contribution in [1.82, 2.24) is 9.55 Å². The van der Waals surface area contributed by atoms with Crippen molar-refractivity contribution < 1.29 is 13.9 Å². The number of carbonyl (C=O) groups excluding carboxylic acids is 1. The molecule has 26 heavy (non-hydrogen) atoms. The second kappa shape index (κ2) is 7.84. The highest BCUT2D eigenvalue weighted by molar-refractivity contribution is 7.99. The number of aromatic nitrogens is 2. The van der Waals surface area contributed by atoms with E-state index in [1.807, 2.05) is 0 Å². The third-order valence-electron chi connectivity index (χ3n) is 3.64. The molecule has 0 radical (unpaired) electrons. The Bertz CT molecular complexity index is 1040. The van der Waals surface area contributed by atoms with Crippen molar-refractivity contribution in [2.75, 3.05) is 12.9 Å². The highest BCUT2D eigenvalue weighted by Crippen LogP contribution is 2.25. The molecule has 134 valence electrons. The Balaban J connectivity index is 1.91. The second-order valence-corrected chi connectivity index (χ2v) is 7.15. The largest absolute Gasteiger partial charge is 0.496 e. The van der Waals surface area contributed by atoms with Crippen molar-refractivity contribution >= 4 is 39.1 Å². The second-order valence-electron chi connectivity index (χ2n) is 5.29. The Kier molecular flexibility index (Phi) is 5.53. The van der Waals surface area contributed by atoms with Gasteiger partial charge in [-0.2, -0.15) is 0 Å². The summed E-state index contributed by atoms with van der Waals surface area (Å²) < 4.78 is 20.6. The predicted molar refractivity (Wildman–Crippen MR) is 102 cm³/mol. The van der Waals surface area contributed by atoms with Gasteiger partial charge in [0.2, 0.25) is 0 Å². The van der Waals surface area contributed by atoms with Crippen LogP contribution in [0.4, 0.5) is 4.39 Å². The summed E-state index contributed by atoms with van der Waals surface area (Å²) in [5.74, 6) is -0.516. The average Bonchev–Trinajstić information content (AvgIpc) is 3.11. The van der Waals surface area contributed by atoms with Gasteiger partial charge in [0, 0.05) is 6.54 Å². The van der Waals surface area contributed by atoms with E-state index < -0.39 is 5.82 Å². The van der Waals surface area contributed by atoms with E-state index in [0.29, 0.717) is 27.7 Å². The molecule has 0 unspecified atom stereocenters. The molecule has 5 nitrogen and oxygen atoms in total. The van der Waals surface area contributed by atoms with Gasteiger partial charge in [0.1, 0.15) is 16.3 Å². The molecule has 0 atom stereocenters. The fourth-order valence-electron chi connectivity index (χ4n) is 2.43. The molecule has 0 amide bonds. The zero-order chi connectivity index (χ0) is 18.7. The summed E-state index contributed by atoms with van der Waals surface area (Å²) >= 11 is 2.45. The molecule has 1 aromatic carbocycles. The molecule has 0 aliphatic carbocycles. The van der Waals surface area contributed by atoms with Crippen molar-refractivity contribution in [1.29, 1.82) is 0 Å². The molecule has 3 rings (SSSR count). The number of hydrogen-bond donors (Lipinski definition) is 0. The number of ether oxygens (including phenoxy) is 1. The minimum Gasteiger partial charge on any atom is -0.496 e. The Labute approximate surface area is 157 Å². The number of fused-ring (bicyclic) bond motifs is 1. The van der Waals surface area contributed by atoms with Gasteiger partial charge in [-0.25, -0.2) is 9.37 Å². The van der Waals surface area contributed by atoms with Gasteiger partial charge in [0.25, 0.3) is 5.56 Å². The monoisotopic (exact) mass is 390 g/mol. The van der Waals surface area contributed by atoms with Crippen LogP contribution in [0, 0.1) is 5.82 Å². The number of nitrogens with zero attached hydrogens (tertiary/aromatic N) is 2. The molecule has 0 aliphatic heterocycles. The summed E-state index contributed by atoms with van der Waals surface area (Å²) in [4.78, 5) is 29.6. The maximum atomic E-state index is 13.5. The number of thioether (sulfide) groups is 1. The average molecular weight is 390 g/mol. The highest BCUT2D eigenvalue weighted by Gasteiger charge is 2.17. The Hall–Kier alpha value is -2.45. The highest BCUT2D eigenvalue weighted by atomic mass is 32.2. The number of methoxy groups -OCH3 is 1. The van der Waals surface area contributed by atoms with E-state index in [0.717, 1.165) is 17.8 Å². The van der Waals surface area contributed by atoms with Crippen molar-refractivity contribution in [3.05, 3.63) is 64.0 Å². The Morgan fingerprint density at radius 2 is 2.27 bits per heavy atom. The van der Waals surface area contributed by atoms with Crippen molar-refractivity contribution in [3.8, 4) is 5.75 Å². The van der Waals surface area contributed by atoms with E-state index in [1.54, 1.807) is 17.5 Å². The Morgan fingerprint density at radius 3 is 3.00 bits per heavy atom. The first kappa shape index (κ1) is 18.3. The Morgan fingerprint density at radius 1 is 1.46 bits per heavy atom. The summed E-state index contributed by atoms with van der Waals surface area (Å²) in [6, 6.07) is 5.56. The van der Waals surface area contributed by atoms with Crippen LogP contribution in [-0.4, -0.2) is 28.2 Å². The zero-order valence-electron chi connectivity index (χ0n) is 13.9. The van der Waals surface area contributed by atoms with E-state index >= 15 is 0 Å². The van der Waals surface area contributed by atoms with Gasteiger partial charge in [-0.1, -0.05) is 17.8 Å². The first-order valence-electron chi connectivity index (χ1n) is 7.63. The van der Waals surface area contributed by atoms with Crippen LogP contribution in [0.25, 0.3) is 10.2 Å². The molecule has 0 N–H and O–H groups in total. The van der Waals surface area contributed by atoms with Crippen LogP contribution in [0.5, 0.6) is 5.75 Å². The molecule has 0 bridgehead atoms. The molecule has 0 saturated heterocycles. The number of halogens is 1. The van der Waals surface area contributed by atoms with E-state index in [2.05, 4.69) is 11.6 Å². The van der Waals surface area contributed by atoms with Gasteiger partial charge in [0.15, 0.2) is 10.9 Å². The first-order chi connectivity index (χ1) is 12.5. The van der Waals surface area contributed by atoms with E-state index in [9.17, 15) is 14.0 Å². The van der Waals surface area contributed by atoms with Crippen molar-refractivity contribution in [2.45, 2.75) is 11.7 Å². The summed E-state index contributed by atoms with van der Waals surface area (Å²) in [7, 11) is 1.42. The number of hydrogen-bond acceptors (Lipinski definition) is 6. The number of benzene rings is 1. The summed E-state index contributed by atoms with van der Waals surface area (Å²) in [6.07, 6.45) is 1.60. The minimum absolute atomic E-state index is 0.000952. The van der Waals surface area contributed by atoms with E-state index in [1.165, 1.54) is 35.1 Å². The number of rotatable bonds is 7. The van der Waals surface area contributed by atoms with Gasteiger partial charge in [-0.05, 0) is 29.6 Å². The fraction of sp³-hybridized carbons (Fsp3) is 0.167. The standard InChI is InChI=1S/C18H15FN2O3S2/c1-3-7-21-17(23)16-13(6-8-25-16)20-18(21)26-10-14(22)12-9-11(19)4-5-15(12)24-2/h3-6,8-9H,1,7,10H2,2H3. The molecule has 0 aliphatic rings. The van der Waals surface area contributed by atoms with Crippen LogP contribution < -0.4 is 10.3 Å². The lowest BCUT2D eigenvalue weighted by molar-refractivity contribution is 0.101. The third-order valence-corrected chi connectivity index (χ3v) is 5.50. The van der Waals surface area contributed by atoms with Gasteiger partial charge in [-0.15, -0.1) is 17.9 Å². The number of Topliss-reactive ketones (excluding diaryl/α,β-unsaturated/α-hetero) is 1. The minimum atomic E-state index is -0.513. The predicted octanol–water partition coefficient (Wildman–Crippen LogP) is 3.77. The van der Waals surface area contributed by atoms with Crippen LogP contribution >= 0.6 is 23.1 Å². The van der Waals surface area contributed by atoms with Crippen LogP contribution in [0.15, 0.2) is 52.3 Å². The molecule has 0 fully saturated rings. The number of thiophene rings is 1. The molecule has 0 saturated carbocycles. The van der Waals surface area contributed by atoms with Crippen molar-refractivity contribution in [3.63, 3.8) is 0 Å². The lowest BCUT2D eigenvalue weighted by Crippen LogP contribution is -2.22. The van der Waals surface area contributed by atoms with Crippen LogP contribution in [-0.2, 0) is 6.54 Å². The molecular formula is C18H15FN2O3S2. The number of ketones is 1. The fourth-order valence-corrected chi connectivity index (χ4v) is 4.10. The van der Waals surface area contributed by atoms with E-state index in [4.69, 9.17) is 4.74 Å². The molecule has 3 aromatic rings. The molecular weight excluding hydrogens is 375 g/mol. The third kappa shape index (κ3) is 3.56. The molecule has 2 heterocycles. The number of allylic oxidation sites excluding steroid dienone is 1. The quantitative estimate of drug-likeness (QED) is 0.266. The maximum absolute atomic E-state index is 13.5. The normalized spacial score (nSPS) is 10.8. The molecule has 2 aromatic heterocycles. The topological polar surface area (TPSA) is 61.2 Å². The van der Waals surface area contributed by atoms with Gasteiger partial charge in [0.05, 0.1) is 23.9 Å². The van der Waals surface area contributed by atoms with Gasteiger partial charge in [-0.3, -0.25) is 14.2 Å². The summed E-state index contributed by atoms with van der Waals surface area (Å²) in [6.45, 7) is 3.95. The zero-order valence-corrected chi connectivity index (χ0v) is 15.5.